The van der Waals surface area contributed by atoms with Crippen molar-refractivity contribution in [3.05, 3.63) is 89.6 Å². The van der Waals surface area contributed by atoms with Gasteiger partial charge in [-0.1, -0.05) is 84.4 Å². The molecule has 1 heterocycles. The predicted molar refractivity (Wildman–Crippen MR) is 148 cm³/mol. The van der Waals surface area contributed by atoms with Gasteiger partial charge in [0.2, 0.25) is 0 Å². The quantitative estimate of drug-likeness (QED) is 0.262. The SMILES string of the molecule is C#CC1(C)C=CC=C(C(Cc2ccc(B3OC(C)(C)C(C)(C)O3)cc2)C2=CCCC=C2)C1/C=C\C. The molecule has 3 aliphatic rings. The van der Waals surface area contributed by atoms with E-state index in [-0.39, 0.29) is 35.6 Å². The van der Waals surface area contributed by atoms with Gasteiger partial charge in [0.25, 0.3) is 0 Å². The minimum absolute atomic E-state index is 0.174. The van der Waals surface area contributed by atoms with Crippen LogP contribution in [-0.2, 0) is 15.7 Å². The summed E-state index contributed by atoms with van der Waals surface area (Å²) in [4.78, 5) is 0. The van der Waals surface area contributed by atoms with Gasteiger partial charge in [-0.3, -0.25) is 0 Å². The lowest BCUT2D eigenvalue weighted by molar-refractivity contribution is 0.00578. The van der Waals surface area contributed by atoms with Crippen LogP contribution in [0.3, 0.4) is 0 Å². The van der Waals surface area contributed by atoms with Crippen molar-refractivity contribution < 1.29 is 9.31 Å². The smallest absolute Gasteiger partial charge is 0.399 e. The first-order chi connectivity index (χ1) is 16.6. The summed E-state index contributed by atoms with van der Waals surface area (Å²) in [6.07, 6.45) is 27.2. The maximum atomic E-state index is 6.25. The molecule has 182 valence electrons. The second-order valence-electron chi connectivity index (χ2n) is 11.2. The van der Waals surface area contributed by atoms with Gasteiger partial charge < -0.3 is 9.31 Å². The maximum Gasteiger partial charge on any atom is 0.494 e. The van der Waals surface area contributed by atoms with Gasteiger partial charge in [0, 0.05) is 11.8 Å². The zero-order valence-corrected chi connectivity index (χ0v) is 22.2. The van der Waals surface area contributed by atoms with Gasteiger partial charge in [0.1, 0.15) is 0 Å². The molecule has 0 amide bonds. The Labute approximate surface area is 213 Å². The monoisotopic (exact) mass is 466 g/mol. The number of terminal acetylenes is 1. The Morgan fingerprint density at radius 2 is 1.77 bits per heavy atom. The first kappa shape index (κ1) is 25.6. The van der Waals surface area contributed by atoms with E-state index in [9.17, 15) is 0 Å². The summed E-state index contributed by atoms with van der Waals surface area (Å²) in [7, 11) is -0.338. The summed E-state index contributed by atoms with van der Waals surface area (Å²) in [5.74, 6) is 3.52. The van der Waals surface area contributed by atoms with Crippen molar-refractivity contribution in [2.75, 3.05) is 0 Å². The third kappa shape index (κ3) is 5.06. The molecule has 1 aliphatic heterocycles. The minimum Gasteiger partial charge on any atom is -0.399 e. The van der Waals surface area contributed by atoms with E-state index in [1.54, 1.807) is 0 Å². The highest BCUT2D eigenvalue weighted by Gasteiger charge is 2.51. The van der Waals surface area contributed by atoms with Crippen molar-refractivity contribution >= 4 is 12.6 Å². The highest BCUT2D eigenvalue weighted by Crippen LogP contribution is 2.44. The molecule has 3 unspecified atom stereocenters. The van der Waals surface area contributed by atoms with Crippen LogP contribution in [0.25, 0.3) is 0 Å². The van der Waals surface area contributed by atoms with Crippen molar-refractivity contribution in [2.24, 2.45) is 17.3 Å². The molecular weight excluding hydrogens is 427 g/mol. The topological polar surface area (TPSA) is 18.5 Å². The Morgan fingerprint density at radius 1 is 1.09 bits per heavy atom. The van der Waals surface area contributed by atoms with Crippen LogP contribution >= 0.6 is 0 Å². The van der Waals surface area contributed by atoms with E-state index < -0.39 is 0 Å². The van der Waals surface area contributed by atoms with E-state index in [1.165, 1.54) is 16.7 Å². The first-order valence-electron chi connectivity index (χ1n) is 12.9. The van der Waals surface area contributed by atoms with Gasteiger partial charge in [0.15, 0.2) is 0 Å². The largest absolute Gasteiger partial charge is 0.494 e. The molecule has 2 nitrogen and oxygen atoms in total. The minimum atomic E-state index is -0.340. The normalized spacial score (nSPS) is 28.0. The Bertz CT molecular complexity index is 1110. The van der Waals surface area contributed by atoms with Crippen LogP contribution in [0.5, 0.6) is 0 Å². The summed E-state index contributed by atoms with van der Waals surface area (Å²) in [5, 5.41) is 0. The van der Waals surface area contributed by atoms with Gasteiger partial charge in [-0.2, -0.15) is 0 Å². The van der Waals surface area contributed by atoms with Crippen molar-refractivity contribution in [2.45, 2.75) is 72.0 Å². The number of allylic oxidation sites excluding steroid dienone is 10. The molecule has 1 aromatic carbocycles. The maximum absolute atomic E-state index is 6.25. The van der Waals surface area contributed by atoms with Crippen LogP contribution in [0.4, 0.5) is 0 Å². The Hall–Kier alpha value is -2.54. The van der Waals surface area contributed by atoms with E-state index in [4.69, 9.17) is 15.7 Å². The summed E-state index contributed by atoms with van der Waals surface area (Å²) < 4.78 is 12.5. The van der Waals surface area contributed by atoms with Crippen LogP contribution < -0.4 is 5.46 Å². The summed E-state index contributed by atoms with van der Waals surface area (Å²) in [5.41, 5.74) is 4.13. The summed E-state index contributed by atoms with van der Waals surface area (Å²) >= 11 is 0. The summed E-state index contributed by atoms with van der Waals surface area (Å²) in [6, 6.07) is 8.77. The van der Waals surface area contributed by atoms with E-state index in [1.807, 2.05) is 0 Å². The van der Waals surface area contributed by atoms with Crippen LogP contribution in [0.15, 0.2) is 84.0 Å². The highest BCUT2D eigenvalue weighted by atomic mass is 16.7. The highest BCUT2D eigenvalue weighted by molar-refractivity contribution is 6.62. The number of benzene rings is 1. The standard InChI is InChI=1S/C32H39BO2/c1-8-14-29-27(17-13-22-32(29,7)9-2)28(25-15-11-10-12-16-25)23-24-18-20-26(21-19-24)33-34-30(3,4)31(5,6)35-33/h2,8,11,13-22,28-29H,10,12,23H2,1,3-7H3/b14-8-. The van der Waals surface area contributed by atoms with Crippen LogP contribution in [0, 0.1) is 29.6 Å². The molecule has 35 heavy (non-hydrogen) atoms. The van der Waals surface area contributed by atoms with Gasteiger partial charge in [0.05, 0.1) is 16.6 Å². The second kappa shape index (κ2) is 9.84. The molecule has 0 spiro atoms. The molecule has 0 aromatic heterocycles. The van der Waals surface area contributed by atoms with E-state index in [0.29, 0.717) is 0 Å². The van der Waals surface area contributed by atoms with Crippen LogP contribution in [0.2, 0.25) is 0 Å². The Balaban J connectivity index is 1.63. The van der Waals surface area contributed by atoms with Crippen LogP contribution in [-0.4, -0.2) is 18.3 Å². The number of rotatable bonds is 6. The molecule has 3 atom stereocenters. The van der Waals surface area contributed by atoms with Gasteiger partial charge in [-0.15, -0.1) is 6.42 Å². The average Bonchev–Trinajstić information content (AvgIpc) is 3.06. The van der Waals surface area contributed by atoms with Gasteiger partial charge >= 0.3 is 7.12 Å². The number of hydrogen-bond donors (Lipinski definition) is 0. The van der Waals surface area contributed by atoms with Crippen molar-refractivity contribution in [1.82, 2.24) is 0 Å². The fraction of sp³-hybridized carbons (Fsp3) is 0.438. The van der Waals surface area contributed by atoms with E-state index in [0.717, 1.165) is 24.7 Å². The Kier molecular flexibility index (Phi) is 7.19. The predicted octanol–water partition coefficient (Wildman–Crippen LogP) is 6.75. The van der Waals surface area contributed by atoms with Crippen molar-refractivity contribution in [1.29, 1.82) is 0 Å². The molecule has 0 saturated carbocycles. The number of hydrogen-bond acceptors (Lipinski definition) is 2. The zero-order valence-electron chi connectivity index (χ0n) is 22.2. The molecule has 4 rings (SSSR count). The molecule has 0 radical (unpaired) electrons. The van der Waals surface area contributed by atoms with Gasteiger partial charge in [-0.25, -0.2) is 0 Å². The van der Waals surface area contributed by atoms with Gasteiger partial charge in [-0.05, 0) is 77.4 Å². The molecule has 1 fully saturated rings. The van der Waals surface area contributed by atoms with E-state index >= 15 is 0 Å². The lowest BCUT2D eigenvalue weighted by atomic mass is 9.65. The second-order valence-corrected chi connectivity index (χ2v) is 11.2. The lowest BCUT2D eigenvalue weighted by Gasteiger charge is -2.37. The van der Waals surface area contributed by atoms with Crippen molar-refractivity contribution in [3.63, 3.8) is 0 Å². The molecular formula is C32H39BO2. The molecule has 0 bridgehead atoms. The zero-order chi connectivity index (χ0) is 25.3. The molecule has 2 aliphatic carbocycles. The third-order valence-corrected chi connectivity index (χ3v) is 8.21. The lowest BCUT2D eigenvalue weighted by Crippen LogP contribution is -2.41. The van der Waals surface area contributed by atoms with Crippen LogP contribution in [0.1, 0.15) is 59.9 Å². The van der Waals surface area contributed by atoms with E-state index in [2.05, 4.69) is 120 Å². The molecule has 1 aromatic rings. The fourth-order valence-electron chi connectivity index (χ4n) is 5.23. The Morgan fingerprint density at radius 3 is 2.34 bits per heavy atom. The first-order valence-corrected chi connectivity index (χ1v) is 12.9. The van der Waals surface area contributed by atoms with Crippen molar-refractivity contribution in [3.8, 4) is 12.3 Å². The molecule has 3 heteroatoms. The summed E-state index contributed by atoms with van der Waals surface area (Å²) in [6.45, 7) is 12.6. The molecule has 1 saturated heterocycles. The third-order valence-electron chi connectivity index (χ3n) is 8.21. The fourth-order valence-corrected chi connectivity index (χ4v) is 5.23. The molecule has 0 N–H and O–H groups in total. The average molecular weight is 466 g/mol.